The Morgan fingerprint density at radius 1 is 0.692 bits per heavy atom. The number of ether oxygens (including phenoxy) is 11. The molecule has 11 heterocycles. The van der Waals surface area contributed by atoms with Gasteiger partial charge in [0.05, 0.1) is 121 Å². The van der Waals surface area contributed by atoms with E-state index in [1.54, 1.807) is 25.2 Å². The predicted octanol–water partition coefficient (Wildman–Crippen LogP) is 5.06. The summed E-state index contributed by atoms with van der Waals surface area (Å²) in [6.45, 7) is 23.2. The van der Waals surface area contributed by atoms with E-state index in [-0.39, 0.29) is 67.6 Å². The maximum atomic E-state index is 12.3. The first-order valence-electron chi connectivity index (χ1n) is 28.2. The summed E-state index contributed by atoms with van der Waals surface area (Å²) in [6, 6.07) is 0. The molecule has 78 heavy (non-hydrogen) atoms. The number of aliphatic hydroxyl groups excluding tert-OH is 1. The van der Waals surface area contributed by atoms with Crippen LogP contribution in [0.15, 0.2) is 49.1 Å². The van der Waals surface area contributed by atoms with Crippen LogP contribution in [0.4, 0.5) is 0 Å². The highest BCUT2D eigenvalue weighted by Gasteiger charge is 2.65. The summed E-state index contributed by atoms with van der Waals surface area (Å²) in [4.78, 5) is 0. The third-order valence-corrected chi connectivity index (χ3v) is 20.6. The second kappa shape index (κ2) is 21.1. The van der Waals surface area contributed by atoms with E-state index in [1.807, 2.05) is 6.92 Å². The lowest BCUT2D eigenvalue weighted by Gasteiger charge is -2.61. The highest BCUT2D eigenvalue weighted by Crippen LogP contribution is 2.54. The molecular formula is C55H82O21S2. The van der Waals surface area contributed by atoms with Gasteiger partial charge in [0, 0.05) is 51.4 Å². The van der Waals surface area contributed by atoms with Crippen molar-refractivity contribution in [3.05, 3.63) is 49.1 Å². The van der Waals surface area contributed by atoms with Gasteiger partial charge in [0.25, 0.3) is 0 Å². The molecule has 0 aliphatic carbocycles. The second-order valence-corrected chi connectivity index (χ2v) is 27.7. The zero-order valence-electron chi connectivity index (χ0n) is 45.6. The van der Waals surface area contributed by atoms with Crippen LogP contribution in [-0.2, 0) is 81.3 Å². The smallest absolute Gasteiger partial charge is 0.387 e. The van der Waals surface area contributed by atoms with Crippen molar-refractivity contribution < 1.29 is 96.6 Å². The first kappa shape index (κ1) is 58.0. The van der Waals surface area contributed by atoms with E-state index in [4.69, 9.17) is 60.8 Å². The van der Waals surface area contributed by atoms with Gasteiger partial charge in [-0.1, -0.05) is 43.9 Å². The van der Waals surface area contributed by atoms with Crippen LogP contribution < -0.4 is 0 Å². The van der Waals surface area contributed by atoms with Crippen molar-refractivity contribution >= 4 is 20.8 Å². The van der Waals surface area contributed by atoms with E-state index in [2.05, 4.69) is 44.7 Å². The van der Waals surface area contributed by atoms with Gasteiger partial charge in [-0.3, -0.25) is 9.11 Å². The molecule has 0 aromatic heterocycles. The van der Waals surface area contributed by atoms with Gasteiger partial charge >= 0.3 is 20.8 Å². The van der Waals surface area contributed by atoms with Gasteiger partial charge in [-0.15, -0.1) is 6.58 Å². The van der Waals surface area contributed by atoms with Gasteiger partial charge in [-0.2, -0.15) is 16.8 Å². The van der Waals surface area contributed by atoms with Crippen LogP contribution >= 0.6 is 0 Å². The molecule has 11 aliphatic heterocycles. The molecule has 440 valence electrons. The van der Waals surface area contributed by atoms with Crippen molar-refractivity contribution in [2.24, 2.45) is 5.92 Å². The fraction of sp³-hybridized carbons (Fsp3) is 0.855. The lowest BCUT2D eigenvalue weighted by atomic mass is 9.73. The fourth-order valence-electron chi connectivity index (χ4n) is 15.3. The largest absolute Gasteiger partial charge is 0.397 e. The van der Waals surface area contributed by atoms with E-state index < -0.39 is 129 Å². The minimum atomic E-state index is -4.95. The van der Waals surface area contributed by atoms with E-state index in [0.717, 1.165) is 18.4 Å². The normalized spacial score (nSPS) is 51.0. The Bertz CT molecular complexity index is 2540. The molecule has 11 saturated heterocycles. The van der Waals surface area contributed by atoms with Crippen molar-refractivity contribution in [3.63, 3.8) is 0 Å². The molecule has 21 nitrogen and oxygen atoms in total. The van der Waals surface area contributed by atoms with Gasteiger partial charge in [-0.05, 0) is 84.6 Å². The van der Waals surface area contributed by atoms with Gasteiger partial charge in [0.15, 0.2) is 0 Å². The van der Waals surface area contributed by atoms with Crippen LogP contribution in [0.2, 0.25) is 0 Å². The lowest BCUT2D eigenvalue weighted by Crippen LogP contribution is -2.74. The van der Waals surface area contributed by atoms with Crippen molar-refractivity contribution in [2.75, 3.05) is 6.61 Å². The summed E-state index contributed by atoms with van der Waals surface area (Å²) >= 11 is 0. The van der Waals surface area contributed by atoms with Crippen molar-refractivity contribution in [1.82, 2.24) is 0 Å². The summed E-state index contributed by atoms with van der Waals surface area (Å²) in [5.74, 6) is 0.0665. The Morgan fingerprint density at radius 3 is 1.91 bits per heavy atom. The fourth-order valence-corrected chi connectivity index (χ4v) is 16.2. The van der Waals surface area contributed by atoms with Gasteiger partial charge < -0.3 is 62.3 Å². The summed E-state index contributed by atoms with van der Waals surface area (Å²) in [7, 11) is -9.74. The molecule has 0 aromatic rings. The zero-order chi connectivity index (χ0) is 55.7. The molecule has 11 rings (SSSR count). The average Bonchev–Trinajstić information content (AvgIpc) is 3.48. The van der Waals surface area contributed by atoms with Crippen molar-refractivity contribution in [1.29, 1.82) is 0 Å². The van der Waals surface area contributed by atoms with E-state index in [1.165, 1.54) is 6.92 Å². The number of aliphatic hydroxyl groups is 2. The molecule has 23 heteroatoms. The van der Waals surface area contributed by atoms with Crippen LogP contribution in [0.3, 0.4) is 0 Å². The monoisotopic (exact) mass is 1140 g/mol. The maximum absolute atomic E-state index is 12.3. The maximum Gasteiger partial charge on any atom is 0.397 e. The second-order valence-electron chi connectivity index (χ2n) is 25.5. The Balaban J connectivity index is 0.749. The first-order valence-corrected chi connectivity index (χ1v) is 30.9. The lowest BCUT2D eigenvalue weighted by molar-refractivity contribution is -0.369. The van der Waals surface area contributed by atoms with Crippen LogP contribution in [-0.4, -0.2) is 193 Å². The van der Waals surface area contributed by atoms with E-state index in [9.17, 15) is 31.6 Å². The molecule has 0 amide bonds. The molecule has 4 N–H and O–H groups in total. The highest BCUT2D eigenvalue weighted by atomic mass is 32.3. The number of rotatable bonds is 11. The third-order valence-electron chi connectivity index (χ3n) is 19.6. The highest BCUT2D eigenvalue weighted by molar-refractivity contribution is 7.81. The number of fused-ring (bicyclic) bond motifs is 10. The van der Waals surface area contributed by atoms with E-state index >= 15 is 0 Å². The number of hydrogen-bond acceptors (Lipinski definition) is 19. The molecule has 26 unspecified atom stereocenters. The van der Waals surface area contributed by atoms with Gasteiger partial charge in [0.1, 0.15) is 35.6 Å². The number of allylic oxidation sites excluding steroid dienone is 3. The number of hydrogen-bond donors (Lipinski definition) is 4. The minimum absolute atomic E-state index is 0.00240. The Morgan fingerprint density at radius 2 is 1.26 bits per heavy atom. The van der Waals surface area contributed by atoms with Crippen LogP contribution in [0.25, 0.3) is 0 Å². The third kappa shape index (κ3) is 11.2. The van der Waals surface area contributed by atoms with Crippen LogP contribution in [0.1, 0.15) is 131 Å². The average molecular weight is 1140 g/mol. The molecule has 0 radical (unpaired) electrons. The standard InChI is InChI=1S/C55H82O21S2/c1-10-11-28(2)12-15-51(5,57)50-30(4)20-39-38(71-50)26-46-55(9,74-39)49(56)48-42(70-46)24-41-47(72-48)29(3)13-16-53(7)44(69-41)27-43-54(8,76-53)17-14-31-32(68-43)21-34-33(65-31)22-35-36(66-34)23-40-37(67-35)25-45(75-78(61,62)63)52(6,73-40)18-19-64-77(58,59)60/h10,12,15,29,31-50,56-57H,1-2,4,11,13-14,16-27H2,3,5-9H3,(H,58,59,60)(H,61,62,63)/b15-12+. The van der Waals surface area contributed by atoms with Gasteiger partial charge in [0.2, 0.25) is 0 Å². The van der Waals surface area contributed by atoms with Crippen molar-refractivity contribution in [2.45, 2.75) is 282 Å². The summed E-state index contributed by atoms with van der Waals surface area (Å²) in [6.07, 6.45) is 1.75. The molecule has 11 fully saturated rings. The molecule has 26 atom stereocenters. The Kier molecular flexibility index (Phi) is 15.6. The quantitative estimate of drug-likeness (QED) is 0.120. The molecule has 0 aromatic carbocycles. The van der Waals surface area contributed by atoms with Crippen molar-refractivity contribution in [3.8, 4) is 0 Å². The van der Waals surface area contributed by atoms with Crippen LogP contribution in [0.5, 0.6) is 0 Å². The Hall–Kier alpha value is -1.82. The van der Waals surface area contributed by atoms with Gasteiger partial charge in [-0.25, -0.2) is 8.37 Å². The molecule has 0 bridgehead atoms. The summed E-state index contributed by atoms with van der Waals surface area (Å²) < 4.78 is 151. The minimum Gasteiger partial charge on any atom is -0.387 e. The topological polar surface area (TPSA) is 269 Å². The zero-order valence-corrected chi connectivity index (χ0v) is 47.3. The summed E-state index contributed by atoms with van der Waals surface area (Å²) in [5, 5.41) is 24.0. The first-order chi connectivity index (χ1) is 36.5. The summed E-state index contributed by atoms with van der Waals surface area (Å²) in [5.41, 5.74) is -3.71. The molecule has 0 spiro atoms. The predicted molar refractivity (Wildman–Crippen MR) is 276 cm³/mol. The molecule has 11 aliphatic rings. The van der Waals surface area contributed by atoms with E-state index in [0.29, 0.717) is 69.8 Å². The molecule has 0 saturated carbocycles. The van der Waals surface area contributed by atoms with Crippen LogP contribution in [0, 0.1) is 5.92 Å². The SMILES string of the molecule is C=CCC(=C)/C=C/C(C)(O)C1OC2CC3OC4CC5OC6CC7OC8CC9OC%10CC%11OC(C)(CCOS(=O)(=O)O)C(OS(=O)(=O)O)CC%11OC%10CC9OC8CCC7(C)OC6(C)CCC(C)C5OC4C(O)C3(C)OC2CC1=C. The Labute approximate surface area is 458 Å². The molecular weight excluding hydrogens is 1060 g/mol.